The Kier molecular flexibility index (Phi) is 4.57. The number of allylic oxidation sites excluding steroid dienone is 1. The van der Waals surface area contributed by atoms with E-state index in [-0.39, 0.29) is 0 Å². The quantitative estimate of drug-likeness (QED) is 0.602. The summed E-state index contributed by atoms with van der Waals surface area (Å²) >= 11 is 0. The molecule has 0 saturated heterocycles. The fourth-order valence-electron chi connectivity index (χ4n) is 1.94. The summed E-state index contributed by atoms with van der Waals surface area (Å²) in [6, 6.07) is 18.0. The second-order valence-corrected chi connectivity index (χ2v) is 4.54. The fraction of sp³-hybridized carbons (Fsp3) is 0.167. The van der Waals surface area contributed by atoms with Gasteiger partial charge >= 0.3 is 0 Å². The topological polar surface area (TPSA) is 33.0 Å². The van der Waals surface area contributed by atoms with Gasteiger partial charge in [-0.1, -0.05) is 42.0 Å². The van der Waals surface area contributed by atoms with Crippen LogP contribution in [0.2, 0.25) is 0 Å². The number of hydrogen-bond donors (Lipinski definition) is 0. The van der Waals surface area contributed by atoms with Gasteiger partial charge in [0.15, 0.2) is 0 Å². The van der Waals surface area contributed by atoms with Crippen LogP contribution in [-0.4, -0.2) is 6.61 Å². The lowest BCUT2D eigenvalue weighted by Crippen LogP contribution is -1.91. The normalized spacial score (nSPS) is 10.9. The van der Waals surface area contributed by atoms with Crippen molar-refractivity contribution in [3.63, 3.8) is 0 Å². The maximum Gasteiger partial charge on any atom is 0.119 e. The zero-order valence-electron chi connectivity index (χ0n) is 11.8. The van der Waals surface area contributed by atoms with Crippen molar-refractivity contribution in [1.29, 1.82) is 5.26 Å². The van der Waals surface area contributed by atoms with Gasteiger partial charge in [-0.2, -0.15) is 5.26 Å². The number of benzene rings is 2. The van der Waals surface area contributed by atoms with E-state index in [0.717, 1.165) is 16.9 Å². The third-order valence-corrected chi connectivity index (χ3v) is 2.96. The summed E-state index contributed by atoms with van der Waals surface area (Å²) in [4.78, 5) is 0. The van der Waals surface area contributed by atoms with E-state index in [4.69, 9.17) is 4.74 Å². The molecule has 2 rings (SSSR count). The van der Waals surface area contributed by atoms with Crippen molar-refractivity contribution < 1.29 is 4.74 Å². The second kappa shape index (κ2) is 6.58. The molecule has 0 heterocycles. The van der Waals surface area contributed by atoms with Gasteiger partial charge in [-0.05, 0) is 43.2 Å². The van der Waals surface area contributed by atoms with Crippen LogP contribution in [-0.2, 0) is 0 Å². The highest BCUT2D eigenvalue weighted by Gasteiger charge is 2.01. The molecular formula is C18H17NO. The molecule has 20 heavy (non-hydrogen) atoms. The number of aryl methyl sites for hydroxylation is 1. The van der Waals surface area contributed by atoms with Crippen molar-refractivity contribution in [2.24, 2.45) is 0 Å². The average Bonchev–Trinajstić information content (AvgIpc) is 2.47. The van der Waals surface area contributed by atoms with E-state index < -0.39 is 0 Å². The standard InChI is InChI=1S/C18H17NO/c1-3-20-18-6-4-5-15(12-18)11-17(13-19)16-9-7-14(2)8-10-16/h4-12H,3H2,1-2H3/b17-11+. The van der Waals surface area contributed by atoms with Crippen LogP contribution in [0, 0.1) is 18.3 Å². The van der Waals surface area contributed by atoms with Crippen molar-refractivity contribution in [2.45, 2.75) is 13.8 Å². The minimum atomic E-state index is 0.635. The van der Waals surface area contributed by atoms with E-state index in [1.165, 1.54) is 5.56 Å². The van der Waals surface area contributed by atoms with Gasteiger partial charge in [-0.25, -0.2) is 0 Å². The SMILES string of the molecule is CCOc1cccc(/C=C(\C#N)c2ccc(C)cc2)c1. The number of rotatable bonds is 4. The lowest BCUT2D eigenvalue weighted by Gasteiger charge is -2.04. The first-order valence-corrected chi connectivity index (χ1v) is 6.64. The van der Waals surface area contributed by atoms with E-state index in [1.54, 1.807) is 0 Å². The first kappa shape index (κ1) is 13.9. The molecule has 2 aromatic rings. The highest BCUT2D eigenvalue weighted by atomic mass is 16.5. The summed E-state index contributed by atoms with van der Waals surface area (Å²) in [6.45, 7) is 4.62. The van der Waals surface area contributed by atoms with Gasteiger partial charge in [-0.15, -0.1) is 0 Å². The number of ether oxygens (including phenoxy) is 1. The molecule has 2 nitrogen and oxygen atoms in total. The molecule has 2 aromatic carbocycles. The first-order valence-electron chi connectivity index (χ1n) is 6.64. The van der Waals surface area contributed by atoms with Gasteiger partial charge in [0, 0.05) is 0 Å². The molecule has 0 unspecified atom stereocenters. The van der Waals surface area contributed by atoms with Crippen LogP contribution in [0.3, 0.4) is 0 Å². The summed E-state index contributed by atoms with van der Waals surface area (Å²) in [6.07, 6.45) is 1.88. The van der Waals surface area contributed by atoms with Crippen LogP contribution in [0.4, 0.5) is 0 Å². The van der Waals surface area contributed by atoms with Gasteiger partial charge in [-0.3, -0.25) is 0 Å². The Bertz CT molecular complexity index is 648. The minimum absolute atomic E-state index is 0.635. The Morgan fingerprint density at radius 2 is 1.95 bits per heavy atom. The van der Waals surface area contributed by atoms with Gasteiger partial charge in [0.2, 0.25) is 0 Å². The summed E-state index contributed by atoms with van der Waals surface area (Å²) in [7, 11) is 0. The molecule has 100 valence electrons. The van der Waals surface area contributed by atoms with E-state index in [2.05, 4.69) is 6.07 Å². The molecule has 0 fully saturated rings. The van der Waals surface area contributed by atoms with Crippen molar-refractivity contribution in [1.82, 2.24) is 0 Å². The van der Waals surface area contributed by atoms with Gasteiger partial charge in [0.25, 0.3) is 0 Å². The Hall–Kier alpha value is -2.53. The van der Waals surface area contributed by atoms with Gasteiger partial charge in [0.05, 0.1) is 18.2 Å². The zero-order chi connectivity index (χ0) is 14.4. The summed E-state index contributed by atoms with van der Waals surface area (Å²) in [5.41, 5.74) is 3.73. The van der Waals surface area contributed by atoms with Gasteiger partial charge in [0.1, 0.15) is 5.75 Å². The monoisotopic (exact) mass is 263 g/mol. The van der Waals surface area contributed by atoms with Crippen molar-refractivity contribution in [3.8, 4) is 11.8 Å². The predicted molar refractivity (Wildman–Crippen MR) is 82.3 cm³/mol. The smallest absolute Gasteiger partial charge is 0.119 e. The van der Waals surface area contributed by atoms with Crippen LogP contribution >= 0.6 is 0 Å². The fourth-order valence-corrected chi connectivity index (χ4v) is 1.94. The molecule has 0 aliphatic carbocycles. The van der Waals surface area contributed by atoms with Crippen LogP contribution in [0.1, 0.15) is 23.6 Å². The molecule has 0 radical (unpaired) electrons. The predicted octanol–water partition coefficient (Wildman–Crippen LogP) is 4.46. The largest absolute Gasteiger partial charge is 0.494 e. The minimum Gasteiger partial charge on any atom is -0.494 e. The van der Waals surface area contributed by atoms with Crippen molar-refractivity contribution in [2.75, 3.05) is 6.61 Å². The van der Waals surface area contributed by atoms with Gasteiger partial charge < -0.3 is 4.74 Å². The molecule has 0 saturated carbocycles. The molecule has 0 bridgehead atoms. The summed E-state index contributed by atoms with van der Waals surface area (Å²) in [5, 5.41) is 9.33. The van der Waals surface area contributed by atoms with E-state index in [1.807, 2.05) is 68.5 Å². The molecule has 0 aliphatic heterocycles. The molecule has 0 atom stereocenters. The Balaban J connectivity index is 2.34. The third kappa shape index (κ3) is 3.49. The highest BCUT2D eigenvalue weighted by Crippen LogP contribution is 2.21. The summed E-state index contributed by atoms with van der Waals surface area (Å²) < 4.78 is 5.47. The Morgan fingerprint density at radius 3 is 2.60 bits per heavy atom. The zero-order valence-corrected chi connectivity index (χ0v) is 11.8. The molecule has 0 N–H and O–H groups in total. The Labute approximate surface area is 119 Å². The lowest BCUT2D eigenvalue weighted by atomic mass is 10.0. The first-order chi connectivity index (χ1) is 9.72. The molecule has 0 aromatic heterocycles. The maximum atomic E-state index is 9.33. The number of nitriles is 1. The lowest BCUT2D eigenvalue weighted by molar-refractivity contribution is 0.340. The van der Waals surface area contributed by atoms with Crippen molar-refractivity contribution >= 4 is 11.6 Å². The Morgan fingerprint density at radius 1 is 1.20 bits per heavy atom. The third-order valence-electron chi connectivity index (χ3n) is 2.96. The molecule has 0 spiro atoms. The second-order valence-electron chi connectivity index (χ2n) is 4.54. The molecule has 0 aliphatic rings. The molecule has 0 amide bonds. The highest BCUT2D eigenvalue weighted by molar-refractivity contribution is 5.89. The molecule has 2 heteroatoms. The van der Waals surface area contributed by atoms with E-state index in [0.29, 0.717) is 12.2 Å². The van der Waals surface area contributed by atoms with Crippen LogP contribution in [0.25, 0.3) is 11.6 Å². The van der Waals surface area contributed by atoms with Crippen LogP contribution < -0.4 is 4.74 Å². The average molecular weight is 263 g/mol. The van der Waals surface area contributed by atoms with E-state index in [9.17, 15) is 5.26 Å². The van der Waals surface area contributed by atoms with Crippen LogP contribution in [0.15, 0.2) is 48.5 Å². The van der Waals surface area contributed by atoms with Crippen LogP contribution in [0.5, 0.6) is 5.75 Å². The summed E-state index contributed by atoms with van der Waals surface area (Å²) in [5.74, 6) is 0.822. The van der Waals surface area contributed by atoms with E-state index >= 15 is 0 Å². The maximum absolute atomic E-state index is 9.33. The molecular weight excluding hydrogens is 246 g/mol. The number of nitrogens with zero attached hydrogens (tertiary/aromatic N) is 1. The van der Waals surface area contributed by atoms with Crippen molar-refractivity contribution in [3.05, 3.63) is 65.2 Å². The number of hydrogen-bond acceptors (Lipinski definition) is 2.